The molecule has 0 unspecified atom stereocenters. The van der Waals surface area contributed by atoms with E-state index in [1.54, 1.807) is 18.3 Å². The van der Waals surface area contributed by atoms with E-state index in [0.717, 1.165) is 11.3 Å². The van der Waals surface area contributed by atoms with Gasteiger partial charge in [0.05, 0.1) is 6.20 Å². The van der Waals surface area contributed by atoms with Gasteiger partial charge in [-0.2, -0.15) is 0 Å². The van der Waals surface area contributed by atoms with Crippen LogP contribution in [0, 0.1) is 6.92 Å². The molecule has 5 nitrogen and oxygen atoms in total. The molecule has 0 radical (unpaired) electrons. The van der Waals surface area contributed by atoms with Crippen LogP contribution in [0.4, 0.5) is 0 Å². The number of Topliss-reactive ketones (excluding diaryl/α,β-unsaturated/α-hetero) is 1. The lowest BCUT2D eigenvalue weighted by Crippen LogP contribution is -2.10. The van der Waals surface area contributed by atoms with Gasteiger partial charge >= 0.3 is 0 Å². The highest BCUT2D eigenvalue weighted by Crippen LogP contribution is 2.17. The largest absolute Gasteiger partial charge is 0.508 e. The normalized spacial score (nSPS) is 10.6. The van der Waals surface area contributed by atoms with Gasteiger partial charge in [0, 0.05) is 11.1 Å². The summed E-state index contributed by atoms with van der Waals surface area (Å²) in [4.78, 5) is 12.1. The molecule has 0 fully saturated rings. The molecule has 0 aliphatic carbocycles. The van der Waals surface area contributed by atoms with Gasteiger partial charge in [-0.25, -0.2) is 4.68 Å². The van der Waals surface area contributed by atoms with E-state index in [1.807, 2.05) is 31.2 Å². The van der Waals surface area contributed by atoms with Crippen molar-refractivity contribution < 1.29 is 9.90 Å². The third kappa shape index (κ3) is 3.03. The molecule has 2 aromatic carbocycles. The number of aryl methyl sites for hydroxylation is 1. The maximum absolute atomic E-state index is 12.1. The van der Waals surface area contributed by atoms with Crippen LogP contribution in [0.3, 0.4) is 0 Å². The Hall–Kier alpha value is -2.95. The fourth-order valence-electron chi connectivity index (χ4n) is 2.12. The Bertz CT molecular complexity index is 790. The van der Waals surface area contributed by atoms with E-state index in [1.165, 1.54) is 22.4 Å². The summed E-state index contributed by atoms with van der Waals surface area (Å²) in [6, 6.07) is 14.1. The summed E-state index contributed by atoms with van der Waals surface area (Å²) >= 11 is 0. The fourth-order valence-corrected chi connectivity index (χ4v) is 2.12. The van der Waals surface area contributed by atoms with E-state index in [9.17, 15) is 9.90 Å². The second-order valence-electron chi connectivity index (χ2n) is 5.14. The molecule has 22 heavy (non-hydrogen) atoms. The van der Waals surface area contributed by atoms with Crippen LogP contribution in [-0.2, 0) is 6.54 Å². The fraction of sp³-hybridized carbons (Fsp3) is 0.118. The van der Waals surface area contributed by atoms with E-state index < -0.39 is 0 Å². The lowest BCUT2D eigenvalue weighted by molar-refractivity contribution is 0.0967. The average Bonchev–Trinajstić information content (AvgIpc) is 2.97. The molecule has 0 aliphatic rings. The molecule has 110 valence electrons. The second kappa shape index (κ2) is 5.81. The Morgan fingerprint density at radius 3 is 2.45 bits per heavy atom. The Labute approximate surface area is 127 Å². The Morgan fingerprint density at radius 2 is 1.77 bits per heavy atom. The van der Waals surface area contributed by atoms with Crippen molar-refractivity contribution in [2.24, 2.45) is 0 Å². The van der Waals surface area contributed by atoms with Crippen LogP contribution in [-0.4, -0.2) is 25.9 Å². The van der Waals surface area contributed by atoms with Gasteiger partial charge in [0.15, 0.2) is 5.78 Å². The molecule has 0 saturated carbocycles. The van der Waals surface area contributed by atoms with Crippen molar-refractivity contribution in [2.75, 3.05) is 0 Å². The molecule has 1 heterocycles. The van der Waals surface area contributed by atoms with Gasteiger partial charge in [0.2, 0.25) is 0 Å². The monoisotopic (exact) mass is 293 g/mol. The molecule has 0 amide bonds. The van der Waals surface area contributed by atoms with E-state index >= 15 is 0 Å². The van der Waals surface area contributed by atoms with Crippen molar-refractivity contribution in [3.05, 3.63) is 65.9 Å². The summed E-state index contributed by atoms with van der Waals surface area (Å²) in [6.07, 6.45) is 1.75. The van der Waals surface area contributed by atoms with Gasteiger partial charge in [-0.3, -0.25) is 4.79 Å². The van der Waals surface area contributed by atoms with Crippen LogP contribution in [0.2, 0.25) is 0 Å². The van der Waals surface area contributed by atoms with Crippen LogP contribution >= 0.6 is 0 Å². The zero-order chi connectivity index (χ0) is 15.5. The molecule has 0 aliphatic heterocycles. The van der Waals surface area contributed by atoms with E-state index in [0.29, 0.717) is 5.56 Å². The first-order valence-corrected chi connectivity index (χ1v) is 6.91. The number of aromatic nitrogens is 3. The van der Waals surface area contributed by atoms with Crippen LogP contribution in [0.25, 0.3) is 11.3 Å². The topological polar surface area (TPSA) is 68.0 Å². The van der Waals surface area contributed by atoms with Gasteiger partial charge in [-0.15, -0.1) is 5.10 Å². The number of carbonyl (C=O) groups excluding carboxylic acids is 1. The van der Waals surface area contributed by atoms with Crippen molar-refractivity contribution in [3.8, 4) is 17.0 Å². The van der Waals surface area contributed by atoms with Crippen molar-refractivity contribution in [1.29, 1.82) is 0 Å². The van der Waals surface area contributed by atoms with Gasteiger partial charge < -0.3 is 5.11 Å². The highest BCUT2D eigenvalue weighted by Gasteiger charge is 2.09. The maximum atomic E-state index is 12.1. The molecule has 3 aromatic rings. The summed E-state index contributed by atoms with van der Waals surface area (Å²) in [6.45, 7) is 2.14. The standard InChI is InChI=1S/C17H15N3O2/c1-12-2-4-13(5-3-12)16-10-20(19-18-16)11-17(22)14-6-8-15(21)9-7-14/h2-10,21H,11H2,1H3. The first kappa shape index (κ1) is 14.0. The number of nitrogens with zero attached hydrogens (tertiary/aromatic N) is 3. The van der Waals surface area contributed by atoms with Crippen LogP contribution in [0.5, 0.6) is 5.75 Å². The number of carbonyl (C=O) groups is 1. The Kier molecular flexibility index (Phi) is 3.70. The number of hydrogen-bond acceptors (Lipinski definition) is 4. The summed E-state index contributed by atoms with van der Waals surface area (Å²) in [7, 11) is 0. The number of rotatable bonds is 4. The number of phenols is 1. The lowest BCUT2D eigenvalue weighted by atomic mass is 10.1. The van der Waals surface area contributed by atoms with Crippen LogP contribution in [0.1, 0.15) is 15.9 Å². The van der Waals surface area contributed by atoms with Gasteiger partial charge in [0.25, 0.3) is 0 Å². The highest BCUT2D eigenvalue weighted by molar-refractivity contribution is 5.95. The smallest absolute Gasteiger partial charge is 0.184 e. The molecule has 5 heteroatoms. The van der Waals surface area contributed by atoms with Crippen molar-refractivity contribution in [1.82, 2.24) is 15.0 Å². The summed E-state index contributed by atoms with van der Waals surface area (Å²) in [5.41, 5.74) is 3.41. The van der Waals surface area contributed by atoms with Gasteiger partial charge in [-0.1, -0.05) is 35.0 Å². The molecule has 1 aromatic heterocycles. The minimum atomic E-state index is -0.0830. The minimum Gasteiger partial charge on any atom is -0.508 e. The van der Waals surface area contributed by atoms with E-state index in [4.69, 9.17) is 0 Å². The SMILES string of the molecule is Cc1ccc(-c2cn(CC(=O)c3ccc(O)cc3)nn2)cc1. The molecular weight excluding hydrogens is 278 g/mol. The third-order valence-corrected chi connectivity index (χ3v) is 3.38. The molecule has 3 rings (SSSR count). The zero-order valence-electron chi connectivity index (χ0n) is 12.1. The zero-order valence-corrected chi connectivity index (χ0v) is 12.1. The average molecular weight is 293 g/mol. The molecule has 0 atom stereocenters. The Morgan fingerprint density at radius 1 is 1.09 bits per heavy atom. The number of benzene rings is 2. The first-order chi connectivity index (χ1) is 10.6. The summed E-state index contributed by atoms with van der Waals surface area (Å²) < 4.78 is 1.52. The molecular formula is C17H15N3O2. The highest BCUT2D eigenvalue weighted by atomic mass is 16.3. The Balaban J connectivity index is 1.75. The lowest BCUT2D eigenvalue weighted by Gasteiger charge is -2.01. The third-order valence-electron chi connectivity index (χ3n) is 3.38. The molecule has 1 N–H and O–H groups in total. The van der Waals surface area contributed by atoms with Crippen LogP contribution < -0.4 is 0 Å². The molecule has 0 bridgehead atoms. The van der Waals surface area contributed by atoms with Gasteiger partial charge in [0.1, 0.15) is 18.0 Å². The number of hydrogen-bond donors (Lipinski definition) is 1. The predicted octanol–water partition coefficient (Wildman–Crippen LogP) is 2.84. The number of phenolic OH excluding ortho intramolecular Hbond substituents is 1. The number of aromatic hydroxyl groups is 1. The number of ketones is 1. The van der Waals surface area contributed by atoms with Crippen molar-refractivity contribution >= 4 is 5.78 Å². The maximum Gasteiger partial charge on any atom is 0.184 e. The molecule has 0 saturated heterocycles. The minimum absolute atomic E-state index is 0.0830. The predicted molar refractivity (Wildman–Crippen MR) is 82.6 cm³/mol. The van der Waals surface area contributed by atoms with Gasteiger partial charge in [-0.05, 0) is 31.2 Å². The second-order valence-corrected chi connectivity index (χ2v) is 5.14. The van der Waals surface area contributed by atoms with E-state index in [2.05, 4.69) is 10.3 Å². The first-order valence-electron chi connectivity index (χ1n) is 6.91. The quantitative estimate of drug-likeness (QED) is 0.751. The summed E-state index contributed by atoms with van der Waals surface area (Å²) in [5, 5.41) is 17.3. The van der Waals surface area contributed by atoms with E-state index in [-0.39, 0.29) is 18.1 Å². The summed E-state index contributed by atoms with van der Waals surface area (Å²) in [5.74, 6) is 0.0549. The molecule has 0 spiro atoms. The van der Waals surface area contributed by atoms with Crippen molar-refractivity contribution in [3.63, 3.8) is 0 Å². The van der Waals surface area contributed by atoms with Crippen LogP contribution in [0.15, 0.2) is 54.7 Å². The van der Waals surface area contributed by atoms with Crippen molar-refractivity contribution in [2.45, 2.75) is 13.5 Å².